The zero-order valence-electron chi connectivity index (χ0n) is 9.99. The van der Waals surface area contributed by atoms with Gasteiger partial charge in [-0.15, -0.1) is 0 Å². The van der Waals surface area contributed by atoms with Crippen LogP contribution in [0.3, 0.4) is 0 Å². The Morgan fingerprint density at radius 1 is 1.50 bits per heavy atom. The molecule has 16 heavy (non-hydrogen) atoms. The van der Waals surface area contributed by atoms with Gasteiger partial charge >= 0.3 is 0 Å². The highest BCUT2D eigenvalue weighted by Crippen LogP contribution is 2.19. The average molecular weight is 245 g/mol. The number of hydrogen-bond donors (Lipinski definition) is 1. The first-order chi connectivity index (χ1) is 7.29. The lowest BCUT2D eigenvalue weighted by molar-refractivity contribution is -0.0175. The van der Waals surface area contributed by atoms with Crippen LogP contribution in [-0.4, -0.2) is 20.7 Å². The molecule has 0 aromatic carbocycles. The number of aliphatic hydroxyl groups excluding tert-OH is 1. The molecule has 1 aromatic heterocycles. The first-order valence-electron chi connectivity index (χ1n) is 5.13. The van der Waals surface area contributed by atoms with Gasteiger partial charge in [-0.3, -0.25) is 0 Å². The fourth-order valence-electron chi connectivity index (χ4n) is 1.15. The minimum absolute atomic E-state index is 0.164. The van der Waals surface area contributed by atoms with Crippen LogP contribution in [-0.2, 0) is 11.3 Å². The SMILES string of the molecule is CC(O)c1cnc(Cl)nc1COC(C)(C)C. The number of ether oxygens (including phenoxy) is 1. The van der Waals surface area contributed by atoms with Gasteiger partial charge in [-0.05, 0) is 39.3 Å². The second kappa shape index (κ2) is 5.08. The summed E-state index contributed by atoms with van der Waals surface area (Å²) < 4.78 is 5.60. The molecular weight excluding hydrogens is 228 g/mol. The highest BCUT2D eigenvalue weighted by molar-refractivity contribution is 6.28. The van der Waals surface area contributed by atoms with E-state index in [-0.39, 0.29) is 10.9 Å². The molecule has 0 spiro atoms. The van der Waals surface area contributed by atoms with Crippen LogP contribution in [0.4, 0.5) is 0 Å². The number of hydrogen-bond acceptors (Lipinski definition) is 4. The minimum Gasteiger partial charge on any atom is -0.389 e. The van der Waals surface area contributed by atoms with Crippen LogP contribution in [0.1, 0.15) is 45.1 Å². The second-order valence-corrected chi connectivity index (χ2v) is 4.96. The standard InChI is InChI=1S/C11H17ClN2O2/c1-7(15)8-5-13-10(12)14-9(8)6-16-11(2,3)4/h5,7,15H,6H2,1-4H3. The second-order valence-electron chi connectivity index (χ2n) is 4.62. The van der Waals surface area contributed by atoms with Crippen LogP contribution in [0.25, 0.3) is 0 Å². The van der Waals surface area contributed by atoms with Gasteiger partial charge in [0, 0.05) is 11.8 Å². The lowest BCUT2D eigenvalue weighted by atomic mass is 10.1. The lowest BCUT2D eigenvalue weighted by Gasteiger charge is -2.20. The molecule has 1 atom stereocenters. The Bertz CT molecular complexity index is 361. The topological polar surface area (TPSA) is 55.2 Å². The van der Waals surface area contributed by atoms with Crippen molar-refractivity contribution in [1.29, 1.82) is 0 Å². The Kier molecular flexibility index (Phi) is 4.24. The van der Waals surface area contributed by atoms with Gasteiger partial charge in [-0.1, -0.05) is 0 Å². The monoisotopic (exact) mass is 244 g/mol. The molecule has 0 aliphatic rings. The summed E-state index contributed by atoms with van der Waals surface area (Å²) in [6, 6.07) is 0. The molecule has 0 bridgehead atoms. The van der Waals surface area contributed by atoms with Gasteiger partial charge in [0.2, 0.25) is 5.28 Å². The Morgan fingerprint density at radius 3 is 2.62 bits per heavy atom. The zero-order valence-corrected chi connectivity index (χ0v) is 10.7. The van der Waals surface area contributed by atoms with Crippen molar-refractivity contribution in [3.63, 3.8) is 0 Å². The molecular formula is C11H17ClN2O2. The predicted octanol–water partition coefficient (Wildman–Crippen LogP) is 2.50. The first-order valence-corrected chi connectivity index (χ1v) is 5.51. The van der Waals surface area contributed by atoms with E-state index in [0.717, 1.165) is 0 Å². The highest BCUT2D eigenvalue weighted by atomic mass is 35.5. The quantitative estimate of drug-likeness (QED) is 0.830. The van der Waals surface area contributed by atoms with Crippen molar-refractivity contribution in [2.45, 2.75) is 46.0 Å². The molecule has 1 aromatic rings. The summed E-state index contributed by atoms with van der Waals surface area (Å²) >= 11 is 5.71. The maximum Gasteiger partial charge on any atom is 0.222 e. The van der Waals surface area contributed by atoms with Gasteiger partial charge in [-0.2, -0.15) is 0 Å². The van der Waals surface area contributed by atoms with Gasteiger partial charge < -0.3 is 9.84 Å². The molecule has 0 radical (unpaired) electrons. The molecule has 5 heteroatoms. The van der Waals surface area contributed by atoms with Crippen LogP contribution in [0.5, 0.6) is 0 Å². The largest absolute Gasteiger partial charge is 0.389 e. The Morgan fingerprint density at radius 2 is 2.12 bits per heavy atom. The third kappa shape index (κ3) is 4.04. The van der Waals surface area contributed by atoms with E-state index in [1.807, 2.05) is 20.8 Å². The van der Waals surface area contributed by atoms with Crippen LogP contribution >= 0.6 is 11.6 Å². The van der Waals surface area contributed by atoms with E-state index in [2.05, 4.69) is 9.97 Å². The molecule has 0 saturated carbocycles. The predicted molar refractivity (Wildman–Crippen MR) is 62.2 cm³/mol. The lowest BCUT2D eigenvalue weighted by Crippen LogP contribution is -2.20. The molecule has 1 N–H and O–H groups in total. The van der Waals surface area contributed by atoms with E-state index < -0.39 is 6.10 Å². The molecule has 0 aliphatic heterocycles. The van der Waals surface area contributed by atoms with Crippen molar-refractivity contribution in [3.05, 3.63) is 22.7 Å². The van der Waals surface area contributed by atoms with Gasteiger partial charge in [0.05, 0.1) is 24.0 Å². The Balaban J connectivity index is 2.88. The Hall–Kier alpha value is -0.710. The van der Waals surface area contributed by atoms with Gasteiger partial charge in [0.15, 0.2) is 0 Å². The van der Waals surface area contributed by atoms with Crippen molar-refractivity contribution in [2.75, 3.05) is 0 Å². The molecule has 0 aliphatic carbocycles. The van der Waals surface area contributed by atoms with Gasteiger partial charge in [-0.25, -0.2) is 9.97 Å². The molecule has 4 nitrogen and oxygen atoms in total. The molecule has 0 amide bonds. The van der Waals surface area contributed by atoms with E-state index in [1.54, 1.807) is 6.92 Å². The zero-order chi connectivity index (χ0) is 12.3. The third-order valence-corrected chi connectivity index (χ3v) is 2.14. The fraction of sp³-hybridized carbons (Fsp3) is 0.636. The van der Waals surface area contributed by atoms with E-state index >= 15 is 0 Å². The van der Waals surface area contributed by atoms with E-state index in [0.29, 0.717) is 17.9 Å². The van der Waals surface area contributed by atoms with Crippen molar-refractivity contribution < 1.29 is 9.84 Å². The van der Waals surface area contributed by atoms with Gasteiger partial charge in [0.1, 0.15) is 0 Å². The van der Waals surface area contributed by atoms with Gasteiger partial charge in [0.25, 0.3) is 0 Å². The van der Waals surface area contributed by atoms with Crippen LogP contribution in [0.15, 0.2) is 6.20 Å². The summed E-state index contributed by atoms with van der Waals surface area (Å²) in [5.41, 5.74) is 1.02. The maximum absolute atomic E-state index is 9.55. The fourth-order valence-corrected chi connectivity index (χ4v) is 1.30. The molecule has 1 heterocycles. The minimum atomic E-state index is -0.629. The molecule has 1 unspecified atom stereocenters. The summed E-state index contributed by atoms with van der Waals surface area (Å²) in [6.45, 7) is 7.84. The Labute approximate surface area is 101 Å². The van der Waals surface area contributed by atoms with E-state index in [1.165, 1.54) is 6.20 Å². The summed E-state index contributed by atoms with van der Waals surface area (Å²) in [4.78, 5) is 7.91. The first kappa shape index (κ1) is 13.4. The normalized spacial score (nSPS) is 13.9. The van der Waals surface area contributed by atoms with Crippen LogP contribution < -0.4 is 0 Å². The highest BCUT2D eigenvalue weighted by Gasteiger charge is 2.15. The van der Waals surface area contributed by atoms with Crippen molar-refractivity contribution >= 4 is 11.6 Å². The summed E-state index contributed by atoms with van der Waals surface area (Å²) in [6.07, 6.45) is 0.900. The molecule has 0 saturated heterocycles. The summed E-state index contributed by atoms with van der Waals surface area (Å²) in [5.74, 6) is 0. The van der Waals surface area contributed by atoms with E-state index in [4.69, 9.17) is 16.3 Å². The number of rotatable bonds is 3. The number of halogens is 1. The third-order valence-electron chi connectivity index (χ3n) is 1.96. The summed E-state index contributed by atoms with van der Waals surface area (Å²) in [7, 11) is 0. The number of aromatic nitrogens is 2. The van der Waals surface area contributed by atoms with Crippen molar-refractivity contribution in [1.82, 2.24) is 9.97 Å². The van der Waals surface area contributed by atoms with Crippen LogP contribution in [0.2, 0.25) is 5.28 Å². The van der Waals surface area contributed by atoms with Crippen molar-refractivity contribution in [3.8, 4) is 0 Å². The van der Waals surface area contributed by atoms with E-state index in [9.17, 15) is 5.11 Å². The smallest absolute Gasteiger partial charge is 0.222 e. The van der Waals surface area contributed by atoms with Crippen LogP contribution in [0, 0.1) is 0 Å². The van der Waals surface area contributed by atoms with Crippen molar-refractivity contribution in [2.24, 2.45) is 0 Å². The maximum atomic E-state index is 9.55. The number of aliphatic hydroxyl groups is 1. The molecule has 90 valence electrons. The molecule has 0 fully saturated rings. The molecule has 1 rings (SSSR count). The average Bonchev–Trinajstić information content (AvgIpc) is 2.13. The summed E-state index contributed by atoms with van der Waals surface area (Å²) in [5, 5.41) is 9.71. The number of nitrogens with zero attached hydrogens (tertiary/aromatic N) is 2.